The lowest BCUT2D eigenvalue weighted by Crippen LogP contribution is -2.36. The summed E-state index contributed by atoms with van der Waals surface area (Å²) in [6, 6.07) is 14.6. The van der Waals surface area contributed by atoms with Crippen LogP contribution in [0.4, 0.5) is 0 Å². The van der Waals surface area contributed by atoms with Crippen molar-refractivity contribution in [2.45, 2.75) is 51.9 Å². The summed E-state index contributed by atoms with van der Waals surface area (Å²) in [7, 11) is 0. The van der Waals surface area contributed by atoms with E-state index in [1.165, 1.54) is 30.0 Å². The molecule has 0 aliphatic carbocycles. The molecule has 3 nitrogen and oxygen atoms in total. The zero-order valence-electron chi connectivity index (χ0n) is 20.1. The Morgan fingerprint density at radius 1 is 1.09 bits per heavy atom. The van der Waals surface area contributed by atoms with Crippen molar-refractivity contribution in [1.29, 1.82) is 0 Å². The molecule has 2 aromatic carbocycles. The molecule has 1 N–H and O–H groups in total. The first-order valence-electron chi connectivity index (χ1n) is 11.7. The van der Waals surface area contributed by atoms with Crippen LogP contribution in [0.3, 0.4) is 0 Å². The number of carbonyl (C=O) groups excluding carboxylic acids is 1. The second-order valence-corrected chi connectivity index (χ2v) is 10.1. The molecule has 32 heavy (non-hydrogen) atoms. The summed E-state index contributed by atoms with van der Waals surface area (Å²) in [4.78, 5) is 16.0. The monoisotopic (exact) mass is 450 g/mol. The number of fused-ring (bicyclic) bond motifs is 1. The minimum atomic E-state index is 0.0273. The third-order valence-electron chi connectivity index (χ3n) is 4.95. The van der Waals surface area contributed by atoms with E-state index in [-0.39, 0.29) is 11.3 Å². The second kappa shape index (κ2) is 14.0. The van der Waals surface area contributed by atoms with Crippen LogP contribution < -0.4 is 5.32 Å². The number of rotatable bonds is 12. The highest BCUT2D eigenvalue weighted by Crippen LogP contribution is 2.27. The van der Waals surface area contributed by atoms with Gasteiger partial charge < -0.3 is 5.32 Å². The van der Waals surface area contributed by atoms with Crippen LogP contribution in [0.15, 0.2) is 59.5 Å². The summed E-state index contributed by atoms with van der Waals surface area (Å²) < 4.78 is 0. The van der Waals surface area contributed by atoms with E-state index in [2.05, 4.69) is 86.2 Å². The maximum absolute atomic E-state index is 12.4. The molecule has 0 bridgehead atoms. The van der Waals surface area contributed by atoms with Gasteiger partial charge in [0.25, 0.3) is 0 Å². The van der Waals surface area contributed by atoms with Gasteiger partial charge in [0.1, 0.15) is 0 Å². The number of amides is 1. The molecule has 0 atom stereocenters. The third-order valence-corrected chi connectivity index (χ3v) is 6.02. The predicted octanol–water partition coefficient (Wildman–Crippen LogP) is 6.15. The Balaban J connectivity index is 1.78. The molecule has 0 fully saturated rings. The van der Waals surface area contributed by atoms with Gasteiger partial charge in [-0.2, -0.15) is 0 Å². The van der Waals surface area contributed by atoms with Crippen LogP contribution in [0.5, 0.6) is 0 Å². The summed E-state index contributed by atoms with van der Waals surface area (Å²) in [5, 5.41) is 5.50. The number of benzene rings is 2. The Kier molecular flexibility index (Phi) is 11.4. The Hall–Kier alpha value is -2.22. The minimum absolute atomic E-state index is 0.0273. The third kappa shape index (κ3) is 10.4. The first-order valence-corrected chi connectivity index (χ1v) is 12.6. The van der Waals surface area contributed by atoms with E-state index in [9.17, 15) is 4.79 Å². The Labute approximate surface area is 199 Å². The van der Waals surface area contributed by atoms with Gasteiger partial charge in [-0.15, -0.1) is 11.8 Å². The molecule has 2 rings (SSSR count). The molecule has 0 radical (unpaired) electrons. The van der Waals surface area contributed by atoms with Crippen LogP contribution in [0.2, 0.25) is 0 Å². The molecule has 4 heteroatoms. The van der Waals surface area contributed by atoms with Crippen LogP contribution in [0.1, 0.15) is 47.0 Å². The minimum Gasteiger partial charge on any atom is -0.354 e. The summed E-state index contributed by atoms with van der Waals surface area (Å²) in [5.41, 5.74) is 0.0273. The lowest BCUT2D eigenvalue weighted by atomic mass is 9.98. The normalized spacial score (nSPS) is 11.7. The van der Waals surface area contributed by atoms with E-state index in [0.29, 0.717) is 12.3 Å². The summed E-state index contributed by atoms with van der Waals surface area (Å²) >= 11 is 1.60. The maximum atomic E-state index is 12.4. The summed E-state index contributed by atoms with van der Waals surface area (Å²) in [5.74, 6) is 6.89. The Bertz CT molecular complexity index is 928. The van der Waals surface area contributed by atoms with E-state index < -0.39 is 0 Å². The molecule has 0 saturated carbocycles. The van der Waals surface area contributed by atoms with Crippen LogP contribution in [0, 0.1) is 17.3 Å². The SMILES string of the molecule is CCCCCN(C/C=C/C#CC(C)(C)C)CCNC(=O)CSc1cccc2ccccc12. The van der Waals surface area contributed by atoms with Crippen LogP contribution >= 0.6 is 11.8 Å². The van der Waals surface area contributed by atoms with Crippen molar-refractivity contribution in [3.8, 4) is 11.8 Å². The van der Waals surface area contributed by atoms with Crippen molar-refractivity contribution >= 4 is 28.4 Å². The standard InChI is InChI=1S/C28H38N2OS/c1-5-6-11-20-30(21-12-7-10-18-28(2,3)4)22-19-29-27(31)23-32-26-17-13-15-24-14-8-9-16-25(24)26/h7-9,12-17H,5-6,11,19-23H2,1-4H3,(H,29,31)/b12-7+. The fourth-order valence-electron chi connectivity index (χ4n) is 3.27. The number of nitrogens with one attached hydrogen (secondary N) is 1. The molecule has 1 amide bonds. The molecular weight excluding hydrogens is 412 g/mol. The number of hydrogen-bond acceptors (Lipinski definition) is 3. The molecule has 172 valence electrons. The topological polar surface area (TPSA) is 32.3 Å². The van der Waals surface area contributed by atoms with E-state index in [1.54, 1.807) is 11.8 Å². The molecule has 0 heterocycles. The lowest BCUT2D eigenvalue weighted by Gasteiger charge is -2.20. The number of thioether (sulfide) groups is 1. The molecule has 0 aliphatic heterocycles. The fraction of sp³-hybridized carbons (Fsp3) is 0.464. The molecule has 0 spiro atoms. The van der Waals surface area contributed by atoms with Gasteiger partial charge >= 0.3 is 0 Å². The van der Waals surface area contributed by atoms with Gasteiger partial charge in [-0.1, -0.05) is 74.1 Å². The van der Waals surface area contributed by atoms with Crippen molar-refractivity contribution in [2.24, 2.45) is 5.41 Å². The zero-order valence-corrected chi connectivity index (χ0v) is 20.9. The van der Waals surface area contributed by atoms with E-state index in [1.807, 2.05) is 18.2 Å². The zero-order chi connectivity index (χ0) is 23.2. The van der Waals surface area contributed by atoms with Crippen molar-refractivity contribution < 1.29 is 4.79 Å². The van der Waals surface area contributed by atoms with Gasteiger partial charge in [0.15, 0.2) is 0 Å². The number of hydrogen-bond donors (Lipinski definition) is 1. The molecule has 0 unspecified atom stereocenters. The van der Waals surface area contributed by atoms with Crippen molar-refractivity contribution in [2.75, 3.05) is 31.9 Å². The summed E-state index contributed by atoms with van der Waals surface area (Å²) in [6.45, 7) is 12.0. The van der Waals surface area contributed by atoms with Crippen LogP contribution in [-0.2, 0) is 4.79 Å². The number of carbonyl (C=O) groups is 1. The number of unbranched alkanes of at least 4 members (excludes halogenated alkanes) is 2. The molecule has 0 aromatic heterocycles. The second-order valence-electron chi connectivity index (χ2n) is 9.05. The molecular formula is C28H38N2OS. The average molecular weight is 451 g/mol. The van der Waals surface area contributed by atoms with Gasteiger partial charge in [-0.3, -0.25) is 9.69 Å². The first kappa shape index (κ1) is 26.0. The first-order chi connectivity index (χ1) is 15.4. The van der Waals surface area contributed by atoms with Crippen molar-refractivity contribution in [1.82, 2.24) is 10.2 Å². The van der Waals surface area contributed by atoms with Crippen LogP contribution in [-0.4, -0.2) is 42.7 Å². The summed E-state index contributed by atoms with van der Waals surface area (Å²) in [6.07, 6.45) is 7.71. The largest absolute Gasteiger partial charge is 0.354 e. The van der Waals surface area contributed by atoms with Gasteiger partial charge in [-0.25, -0.2) is 0 Å². The predicted molar refractivity (Wildman–Crippen MR) is 140 cm³/mol. The quantitative estimate of drug-likeness (QED) is 0.239. The average Bonchev–Trinajstić information content (AvgIpc) is 2.76. The lowest BCUT2D eigenvalue weighted by molar-refractivity contribution is -0.118. The Morgan fingerprint density at radius 3 is 2.66 bits per heavy atom. The maximum Gasteiger partial charge on any atom is 0.230 e. The Morgan fingerprint density at radius 2 is 1.88 bits per heavy atom. The molecule has 0 saturated heterocycles. The highest BCUT2D eigenvalue weighted by Gasteiger charge is 2.07. The van der Waals surface area contributed by atoms with Gasteiger partial charge in [0.05, 0.1) is 5.75 Å². The van der Waals surface area contributed by atoms with E-state index in [0.717, 1.165) is 24.5 Å². The number of allylic oxidation sites excluding steroid dienone is 1. The molecule has 2 aromatic rings. The smallest absolute Gasteiger partial charge is 0.230 e. The van der Waals surface area contributed by atoms with Gasteiger partial charge in [0.2, 0.25) is 5.91 Å². The van der Waals surface area contributed by atoms with E-state index in [4.69, 9.17) is 0 Å². The highest BCUT2D eigenvalue weighted by atomic mass is 32.2. The highest BCUT2D eigenvalue weighted by molar-refractivity contribution is 8.00. The molecule has 0 aliphatic rings. The fourth-order valence-corrected chi connectivity index (χ4v) is 4.17. The van der Waals surface area contributed by atoms with Gasteiger partial charge in [-0.05, 0) is 56.7 Å². The van der Waals surface area contributed by atoms with E-state index >= 15 is 0 Å². The number of nitrogens with zero attached hydrogens (tertiary/aromatic N) is 1. The van der Waals surface area contributed by atoms with Crippen molar-refractivity contribution in [3.05, 3.63) is 54.6 Å². The van der Waals surface area contributed by atoms with Crippen LogP contribution in [0.25, 0.3) is 10.8 Å². The van der Waals surface area contributed by atoms with Gasteiger partial charge in [0, 0.05) is 29.9 Å². The van der Waals surface area contributed by atoms with Crippen molar-refractivity contribution in [3.63, 3.8) is 0 Å².